The molecule has 118 valence electrons. The van der Waals surface area contributed by atoms with Crippen LogP contribution >= 0.6 is 11.6 Å². The zero-order valence-electron chi connectivity index (χ0n) is 12.1. The van der Waals surface area contributed by atoms with Gasteiger partial charge in [0.1, 0.15) is 5.54 Å². The smallest absolute Gasteiger partial charge is 0.161 e. The molecule has 3 nitrogen and oxygen atoms in total. The Morgan fingerprint density at radius 3 is 2.73 bits per heavy atom. The predicted molar refractivity (Wildman–Crippen MR) is 77.0 cm³/mol. The molecular weight excluding hydrogens is 315 g/mol. The van der Waals surface area contributed by atoms with E-state index in [1.807, 2.05) is 38.1 Å². The Kier molecular flexibility index (Phi) is 3.40. The van der Waals surface area contributed by atoms with E-state index in [0.717, 1.165) is 28.4 Å². The minimum atomic E-state index is -4.49. The molecule has 1 aromatic carbocycles. The minimum Gasteiger partial charge on any atom is -0.161 e. The normalized spacial score (nSPS) is 24.4. The Bertz CT molecular complexity index is 710. The van der Waals surface area contributed by atoms with E-state index in [1.165, 1.54) is 0 Å². The van der Waals surface area contributed by atoms with Crippen molar-refractivity contribution < 1.29 is 18.0 Å². The first-order valence-electron chi connectivity index (χ1n) is 6.96. The lowest BCUT2D eigenvalue weighted by molar-refractivity contribution is -0.730. The van der Waals surface area contributed by atoms with Crippen molar-refractivity contribution in [2.45, 2.75) is 32.0 Å². The average Bonchev–Trinajstić information content (AvgIpc) is 2.90. The SMILES string of the molecule is CC1Cc2ccccc2C1(C)N[n+]1[nH]c(Cl)cc1C(F)(F)F. The van der Waals surface area contributed by atoms with Crippen LogP contribution in [-0.4, -0.2) is 5.10 Å². The molecule has 0 saturated carbocycles. The van der Waals surface area contributed by atoms with Crippen molar-refractivity contribution in [3.8, 4) is 0 Å². The standard InChI is InChI=1S/C15H15ClF3N3/c1-9-7-10-5-3-4-6-11(10)14(9,2)21-22-12(15(17,18)19)8-13(16)20-22/h3-6,8-9,21H,7H2,1-2H3/p+1. The first-order valence-corrected chi connectivity index (χ1v) is 7.34. The van der Waals surface area contributed by atoms with Gasteiger partial charge in [-0.25, -0.2) is 0 Å². The van der Waals surface area contributed by atoms with Gasteiger partial charge in [-0.15, -0.1) is 5.10 Å². The van der Waals surface area contributed by atoms with Crippen molar-refractivity contribution in [3.05, 3.63) is 52.3 Å². The van der Waals surface area contributed by atoms with Gasteiger partial charge < -0.3 is 0 Å². The van der Waals surface area contributed by atoms with E-state index in [4.69, 9.17) is 11.6 Å². The molecule has 1 heterocycles. The number of fused-ring (bicyclic) bond motifs is 1. The first kappa shape index (κ1) is 15.2. The molecule has 3 rings (SSSR count). The fraction of sp³-hybridized carbons (Fsp3) is 0.400. The van der Waals surface area contributed by atoms with Gasteiger partial charge in [-0.2, -0.15) is 18.6 Å². The summed E-state index contributed by atoms with van der Waals surface area (Å²) in [6, 6.07) is 8.67. The number of nitrogens with one attached hydrogen (secondary N) is 2. The Balaban J connectivity index is 2.03. The number of halogens is 4. The van der Waals surface area contributed by atoms with Gasteiger partial charge in [0.05, 0.1) is 6.07 Å². The second-order valence-corrected chi connectivity index (χ2v) is 6.31. The summed E-state index contributed by atoms with van der Waals surface area (Å²) < 4.78 is 39.3. The van der Waals surface area contributed by atoms with E-state index in [2.05, 4.69) is 10.5 Å². The number of alkyl halides is 3. The third kappa shape index (κ3) is 2.35. The molecule has 0 amide bonds. The Labute approximate surface area is 131 Å². The second-order valence-electron chi connectivity index (χ2n) is 5.90. The van der Waals surface area contributed by atoms with Crippen molar-refractivity contribution in [1.82, 2.24) is 5.10 Å². The van der Waals surface area contributed by atoms with Gasteiger partial charge in [0.25, 0.3) is 0 Å². The Hall–Kier alpha value is -1.69. The van der Waals surface area contributed by atoms with Crippen LogP contribution in [-0.2, 0) is 18.1 Å². The highest BCUT2D eigenvalue weighted by Gasteiger charge is 2.49. The van der Waals surface area contributed by atoms with Crippen LogP contribution in [0.4, 0.5) is 13.2 Å². The molecule has 0 fully saturated rings. The van der Waals surface area contributed by atoms with Gasteiger partial charge in [-0.1, -0.05) is 42.8 Å². The molecule has 22 heavy (non-hydrogen) atoms. The molecule has 1 aliphatic rings. The van der Waals surface area contributed by atoms with Crippen LogP contribution < -0.4 is 10.2 Å². The van der Waals surface area contributed by atoms with Gasteiger partial charge in [-0.3, -0.25) is 0 Å². The van der Waals surface area contributed by atoms with Crippen LogP contribution in [0.2, 0.25) is 5.15 Å². The molecule has 1 aliphatic carbocycles. The fourth-order valence-electron chi connectivity index (χ4n) is 3.09. The van der Waals surface area contributed by atoms with Crippen LogP contribution in [0.15, 0.2) is 30.3 Å². The molecular formula is C15H16ClF3N3+. The largest absolute Gasteiger partial charge is 0.483 e. The number of rotatable bonds is 2. The zero-order valence-corrected chi connectivity index (χ0v) is 12.9. The summed E-state index contributed by atoms with van der Waals surface area (Å²) in [5.41, 5.74) is 3.67. The first-order chi connectivity index (χ1) is 10.2. The topological polar surface area (TPSA) is 31.7 Å². The van der Waals surface area contributed by atoms with E-state index in [9.17, 15) is 13.2 Å². The molecule has 0 radical (unpaired) electrons. The molecule has 0 spiro atoms. The van der Waals surface area contributed by atoms with Crippen molar-refractivity contribution >= 4 is 11.6 Å². The highest BCUT2D eigenvalue weighted by molar-refractivity contribution is 6.29. The summed E-state index contributed by atoms with van der Waals surface area (Å²) in [5, 5.41) is 2.44. The molecule has 0 saturated heterocycles. The summed E-state index contributed by atoms with van der Waals surface area (Å²) in [4.78, 5) is 0.876. The minimum absolute atomic E-state index is 0.0673. The third-order valence-corrected chi connectivity index (χ3v) is 4.64. The van der Waals surface area contributed by atoms with Crippen molar-refractivity contribution in [3.63, 3.8) is 0 Å². The number of aromatic nitrogens is 2. The predicted octanol–water partition coefficient (Wildman–Crippen LogP) is 3.63. The van der Waals surface area contributed by atoms with Crippen molar-refractivity contribution in [2.24, 2.45) is 5.92 Å². The molecule has 7 heteroatoms. The monoisotopic (exact) mass is 330 g/mol. The number of aromatic amines is 1. The van der Waals surface area contributed by atoms with Gasteiger partial charge in [0.2, 0.25) is 0 Å². The van der Waals surface area contributed by atoms with E-state index in [-0.39, 0.29) is 11.1 Å². The maximum absolute atomic E-state index is 13.1. The van der Waals surface area contributed by atoms with Gasteiger partial charge in [0, 0.05) is 4.79 Å². The summed E-state index contributed by atoms with van der Waals surface area (Å²) in [7, 11) is 0. The Morgan fingerprint density at radius 2 is 2.05 bits per heavy atom. The van der Waals surface area contributed by atoms with Gasteiger partial charge in [-0.05, 0) is 30.4 Å². The van der Waals surface area contributed by atoms with Crippen LogP contribution in [0.3, 0.4) is 0 Å². The van der Waals surface area contributed by atoms with E-state index in [1.54, 1.807) is 0 Å². The quantitative estimate of drug-likeness (QED) is 0.810. The molecule has 2 N–H and O–H groups in total. The van der Waals surface area contributed by atoms with Gasteiger partial charge in [0.15, 0.2) is 5.15 Å². The van der Waals surface area contributed by atoms with Crippen LogP contribution in [0, 0.1) is 5.92 Å². The maximum Gasteiger partial charge on any atom is 0.483 e. The van der Waals surface area contributed by atoms with Crippen LogP contribution in [0.25, 0.3) is 0 Å². The number of benzene rings is 1. The summed E-state index contributed by atoms with van der Waals surface area (Å²) in [6.45, 7) is 3.93. The average molecular weight is 331 g/mol. The molecule has 0 aliphatic heterocycles. The van der Waals surface area contributed by atoms with E-state index >= 15 is 0 Å². The lowest BCUT2D eigenvalue weighted by Gasteiger charge is -2.27. The molecule has 2 aromatic rings. The molecule has 1 aromatic heterocycles. The fourth-order valence-corrected chi connectivity index (χ4v) is 3.28. The molecule has 2 atom stereocenters. The van der Waals surface area contributed by atoms with Gasteiger partial charge >= 0.3 is 11.9 Å². The highest BCUT2D eigenvalue weighted by Crippen LogP contribution is 2.41. The molecule has 2 unspecified atom stereocenters. The van der Waals surface area contributed by atoms with E-state index in [0.29, 0.717) is 0 Å². The lowest BCUT2D eigenvalue weighted by Crippen LogP contribution is -2.60. The summed E-state index contributed by atoms with van der Waals surface area (Å²) in [5.74, 6) is 0.139. The molecule has 0 bridgehead atoms. The van der Waals surface area contributed by atoms with Crippen LogP contribution in [0.1, 0.15) is 30.7 Å². The zero-order chi connectivity index (χ0) is 16.1. The number of H-pyrrole nitrogens is 1. The number of hydrogen-bond donors (Lipinski definition) is 2. The summed E-state index contributed by atoms with van der Waals surface area (Å²) in [6.07, 6.45) is -3.68. The van der Waals surface area contributed by atoms with E-state index < -0.39 is 17.4 Å². The number of hydrogen-bond acceptors (Lipinski definition) is 1. The van der Waals surface area contributed by atoms with Crippen LogP contribution in [0.5, 0.6) is 0 Å². The second kappa shape index (κ2) is 4.91. The number of nitrogens with zero attached hydrogens (tertiary/aromatic N) is 1. The highest BCUT2D eigenvalue weighted by atomic mass is 35.5. The lowest BCUT2D eigenvalue weighted by atomic mass is 9.87. The summed E-state index contributed by atoms with van der Waals surface area (Å²) >= 11 is 5.72. The maximum atomic E-state index is 13.1. The van der Waals surface area contributed by atoms with Crippen molar-refractivity contribution in [1.29, 1.82) is 0 Å². The Morgan fingerprint density at radius 1 is 1.36 bits per heavy atom. The van der Waals surface area contributed by atoms with Crippen molar-refractivity contribution in [2.75, 3.05) is 5.43 Å². The third-order valence-electron chi connectivity index (χ3n) is 4.45.